The first-order valence-electron chi connectivity index (χ1n) is 10.9. The van der Waals surface area contributed by atoms with Gasteiger partial charge in [0.05, 0.1) is 5.69 Å². The van der Waals surface area contributed by atoms with Crippen molar-refractivity contribution >= 4 is 33.8 Å². The molecule has 1 amide bonds. The predicted molar refractivity (Wildman–Crippen MR) is 124 cm³/mol. The first-order valence-corrected chi connectivity index (χ1v) is 11.7. The second-order valence-corrected chi connectivity index (χ2v) is 8.81. The van der Waals surface area contributed by atoms with Crippen LogP contribution in [0.5, 0.6) is 0 Å². The van der Waals surface area contributed by atoms with Gasteiger partial charge in [-0.25, -0.2) is 4.98 Å². The van der Waals surface area contributed by atoms with Gasteiger partial charge in [0.25, 0.3) is 0 Å². The Bertz CT molecular complexity index is 1210. The van der Waals surface area contributed by atoms with Crippen LogP contribution in [0.1, 0.15) is 31.7 Å². The number of piperidine rings is 1. The summed E-state index contributed by atoms with van der Waals surface area (Å²) in [5.74, 6) is 0.814. The summed E-state index contributed by atoms with van der Waals surface area (Å²) in [7, 11) is 0. The summed E-state index contributed by atoms with van der Waals surface area (Å²) in [5.41, 5.74) is 3.91. The van der Waals surface area contributed by atoms with E-state index in [0.717, 1.165) is 55.8 Å². The third-order valence-corrected chi connectivity index (χ3v) is 6.53. The number of aryl methyl sites for hydroxylation is 1. The third-order valence-electron chi connectivity index (χ3n) is 5.77. The Balaban J connectivity index is 1.17. The molecule has 164 valence electrons. The molecule has 1 aromatic carbocycles. The zero-order chi connectivity index (χ0) is 21.9. The second kappa shape index (κ2) is 8.99. The van der Waals surface area contributed by atoms with Gasteiger partial charge in [-0.15, -0.1) is 26.2 Å². The molecular weight excluding hydrogens is 424 g/mol. The first-order chi connectivity index (χ1) is 15.7. The number of hydrogen-bond donors (Lipinski definition) is 1. The van der Waals surface area contributed by atoms with Crippen molar-refractivity contribution in [2.45, 2.75) is 32.6 Å². The van der Waals surface area contributed by atoms with E-state index >= 15 is 0 Å². The molecule has 3 aromatic heterocycles. The standard InChI is InChI=1S/C22H24N8OS/c1-2-3-15-4-6-16(7-5-15)18-14-32-22(23-18)24-21(31)17-10-12-29(13-11-17)20-9-8-19-25-27-28-30(19)26-20/h4-9,14,17H,2-3,10-13H2,1H3,(H,23,24,31). The number of thiazole rings is 1. The van der Waals surface area contributed by atoms with Gasteiger partial charge in [0, 0.05) is 30.0 Å². The van der Waals surface area contributed by atoms with Crippen LogP contribution in [0.2, 0.25) is 0 Å². The lowest BCUT2D eigenvalue weighted by molar-refractivity contribution is -0.120. The van der Waals surface area contributed by atoms with E-state index in [1.165, 1.54) is 21.5 Å². The molecule has 10 heteroatoms. The number of hydrogen-bond acceptors (Lipinski definition) is 8. The van der Waals surface area contributed by atoms with Crippen LogP contribution in [0.15, 0.2) is 41.8 Å². The molecular formula is C22H24N8OS. The summed E-state index contributed by atoms with van der Waals surface area (Å²) in [6, 6.07) is 12.3. The Morgan fingerprint density at radius 2 is 1.97 bits per heavy atom. The molecule has 0 radical (unpaired) electrons. The predicted octanol–water partition coefficient (Wildman–Crippen LogP) is 3.45. The van der Waals surface area contributed by atoms with E-state index in [1.54, 1.807) is 0 Å². The average Bonchev–Trinajstić information content (AvgIpc) is 3.49. The van der Waals surface area contributed by atoms with Gasteiger partial charge in [-0.05, 0) is 47.4 Å². The number of fused-ring (bicyclic) bond motifs is 1. The van der Waals surface area contributed by atoms with Crippen LogP contribution >= 0.6 is 11.3 Å². The zero-order valence-corrected chi connectivity index (χ0v) is 18.6. The normalized spacial score (nSPS) is 14.7. The van der Waals surface area contributed by atoms with Crippen LogP contribution in [0.25, 0.3) is 16.9 Å². The summed E-state index contributed by atoms with van der Waals surface area (Å²) in [5, 5.41) is 21.4. The number of carbonyl (C=O) groups excluding carboxylic acids is 1. The molecule has 1 aliphatic rings. The van der Waals surface area contributed by atoms with Gasteiger partial charge in [-0.1, -0.05) is 37.6 Å². The van der Waals surface area contributed by atoms with Gasteiger partial charge >= 0.3 is 0 Å². The van der Waals surface area contributed by atoms with Crippen LogP contribution in [0.4, 0.5) is 10.9 Å². The van der Waals surface area contributed by atoms with Crippen molar-refractivity contribution < 1.29 is 4.79 Å². The monoisotopic (exact) mass is 448 g/mol. The fourth-order valence-corrected chi connectivity index (χ4v) is 4.70. The highest BCUT2D eigenvalue weighted by atomic mass is 32.1. The summed E-state index contributed by atoms with van der Waals surface area (Å²) >= 11 is 1.47. The quantitative estimate of drug-likeness (QED) is 0.482. The molecule has 0 unspecified atom stereocenters. The second-order valence-electron chi connectivity index (χ2n) is 7.95. The van der Waals surface area contributed by atoms with E-state index in [0.29, 0.717) is 10.8 Å². The highest BCUT2D eigenvalue weighted by Gasteiger charge is 2.26. The fourth-order valence-electron chi connectivity index (χ4n) is 3.98. The van der Waals surface area contributed by atoms with Gasteiger partial charge in [0.1, 0.15) is 0 Å². The highest BCUT2D eigenvalue weighted by Crippen LogP contribution is 2.27. The number of tetrazole rings is 1. The van der Waals surface area contributed by atoms with Gasteiger partial charge in [0.2, 0.25) is 5.91 Å². The molecule has 9 nitrogen and oxygen atoms in total. The van der Waals surface area contributed by atoms with Gasteiger partial charge < -0.3 is 10.2 Å². The molecule has 0 aliphatic carbocycles. The van der Waals surface area contributed by atoms with Gasteiger partial charge in [-0.2, -0.15) is 0 Å². The summed E-state index contributed by atoms with van der Waals surface area (Å²) in [4.78, 5) is 19.6. The SMILES string of the molecule is CCCc1ccc(-c2csc(NC(=O)C3CCN(c4ccc5nnnn5n4)CC3)n2)cc1. The Hall–Kier alpha value is -3.40. The Morgan fingerprint density at radius 3 is 2.75 bits per heavy atom. The van der Waals surface area contributed by atoms with Gasteiger partial charge in [-0.3, -0.25) is 4.79 Å². The van der Waals surface area contributed by atoms with E-state index in [4.69, 9.17) is 0 Å². The van der Waals surface area contributed by atoms with Crippen LogP contribution < -0.4 is 10.2 Å². The molecule has 4 heterocycles. The molecule has 32 heavy (non-hydrogen) atoms. The Labute approximate surface area is 189 Å². The smallest absolute Gasteiger partial charge is 0.229 e. The van der Waals surface area contributed by atoms with E-state index in [2.05, 4.69) is 67.0 Å². The number of anilines is 2. The molecule has 4 aromatic rings. The highest BCUT2D eigenvalue weighted by molar-refractivity contribution is 7.14. The molecule has 5 rings (SSSR count). The van der Waals surface area contributed by atoms with Crippen LogP contribution in [-0.4, -0.2) is 49.2 Å². The van der Waals surface area contributed by atoms with Crippen molar-refractivity contribution in [2.75, 3.05) is 23.3 Å². The van der Waals surface area contributed by atoms with E-state index in [1.807, 2.05) is 17.5 Å². The first kappa shape index (κ1) is 20.5. The topological polar surface area (TPSA) is 101 Å². The molecule has 0 saturated carbocycles. The number of rotatable bonds is 6. The summed E-state index contributed by atoms with van der Waals surface area (Å²) in [6.07, 6.45) is 3.74. The van der Waals surface area contributed by atoms with E-state index < -0.39 is 0 Å². The average molecular weight is 449 g/mol. The van der Waals surface area contributed by atoms with Crippen molar-refractivity contribution in [3.05, 3.63) is 47.3 Å². The molecule has 1 saturated heterocycles. The maximum atomic E-state index is 12.8. The van der Waals surface area contributed by atoms with Crippen molar-refractivity contribution in [2.24, 2.45) is 5.92 Å². The van der Waals surface area contributed by atoms with Crippen molar-refractivity contribution in [3.8, 4) is 11.3 Å². The zero-order valence-electron chi connectivity index (χ0n) is 17.8. The molecule has 1 aliphatic heterocycles. The maximum absolute atomic E-state index is 12.8. The van der Waals surface area contributed by atoms with Crippen LogP contribution in [0, 0.1) is 5.92 Å². The Kier molecular flexibility index (Phi) is 5.76. The molecule has 0 bridgehead atoms. The van der Waals surface area contributed by atoms with Crippen molar-refractivity contribution in [1.29, 1.82) is 0 Å². The minimum absolute atomic E-state index is 0.0349. The number of nitrogens with one attached hydrogen (secondary N) is 1. The largest absolute Gasteiger partial charge is 0.355 e. The minimum atomic E-state index is -0.0382. The third kappa shape index (κ3) is 4.31. The lowest BCUT2D eigenvalue weighted by Gasteiger charge is -2.31. The molecule has 0 spiro atoms. The number of nitrogens with zero attached hydrogens (tertiary/aromatic N) is 7. The lowest BCUT2D eigenvalue weighted by atomic mass is 9.96. The summed E-state index contributed by atoms with van der Waals surface area (Å²) < 4.78 is 1.42. The fraction of sp³-hybridized carbons (Fsp3) is 0.364. The molecule has 0 atom stereocenters. The van der Waals surface area contributed by atoms with Crippen molar-refractivity contribution in [1.82, 2.24) is 30.2 Å². The van der Waals surface area contributed by atoms with E-state index in [9.17, 15) is 4.79 Å². The number of carbonyl (C=O) groups is 1. The Morgan fingerprint density at radius 1 is 1.16 bits per heavy atom. The lowest BCUT2D eigenvalue weighted by Crippen LogP contribution is -2.38. The molecule has 1 fully saturated rings. The maximum Gasteiger partial charge on any atom is 0.229 e. The van der Waals surface area contributed by atoms with Gasteiger partial charge in [0.15, 0.2) is 16.6 Å². The molecule has 1 N–H and O–H groups in total. The minimum Gasteiger partial charge on any atom is -0.355 e. The van der Waals surface area contributed by atoms with E-state index in [-0.39, 0.29) is 11.8 Å². The van der Waals surface area contributed by atoms with Crippen LogP contribution in [0.3, 0.4) is 0 Å². The number of aromatic nitrogens is 6. The van der Waals surface area contributed by atoms with Crippen LogP contribution in [-0.2, 0) is 11.2 Å². The number of amides is 1. The summed E-state index contributed by atoms with van der Waals surface area (Å²) in [6.45, 7) is 3.69. The number of benzene rings is 1. The van der Waals surface area contributed by atoms with Crippen molar-refractivity contribution in [3.63, 3.8) is 0 Å².